The third-order valence-electron chi connectivity index (χ3n) is 5.17. The number of carbonyl (C=O) groups is 1. The molecular weight excluding hydrogens is 288 g/mol. The molecular formula is C19H28N2O2. The van der Waals surface area contributed by atoms with Gasteiger partial charge in [0.1, 0.15) is 6.10 Å². The summed E-state index contributed by atoms with van der Waals surface area (Å²) in [5.74, 6) is 0.147. The van der Waals surface area contributed by atoms with Crippen LogP contribution in [0.2, 0.25) is 0 Å². The van der Waals surface area contributed by atoms with Crippen molar-refractivity contribution in [2.45, 2.75) is 76.5 Å². The SMILES string of the molecule is C[C@@H](OC1CCCCCC1)C(=O)N1CCC[C@@H]1c1ccncc1. The van der Waals surface area contributed by atoms with Crippen molar-refractivity contribution >= 4 is 5.91 Å². The summed E-state index contributed by atoms with van der Waals surface area (Å²) in [4.78, 5) is 19.0. The van der Waals surface area contributed by atoms with Gasteiger partial charge in [0.25, 0.3) is 5.91 Å². The molecule has 0 unspecified atom stereocenters. The number of nitrogens with zero attached hydrogens (tertiary/aromatic N) is 2. The fraction of sp³-hybridized carbons (Fsp3) is 0.684. The Hall–Kier alpha value is -1.42. The van der Waals surface area contributed by atoms with Crippen LogP contribution in [0, 0.1) is 0 Å². The van der Waals surface area contributed by atoms with Gasteiger partial charge in [0.15, 0.2) is 0 Å². The van der Waals surface area contributed by atoms with Crippen molar-refractivity contribution in [3.05, 3.63) is 30.1 Å². The van der Waals surface area contributed by atoms with Gasteiger partial charge >= 0.3 is 0 Å². The van der Waals surface area contributed by atoms with Gasteiger partial charge in [-0.25, -0.2) is 0 Å². The van der Waals surface area contributed by atoms with Crippen molar-refractivity contribution < 1.29 is 9.53 Å². The topological polar surface area (TPSA) is 42.4 Å². The summed E-state index contributed by atoms with van der Waals surface area (Å²) >= 11 is 0. The first-order valence-electron chi connectivity index (χ1n) is 9.11. The minimum atomic E-state index is -0.333. The molecule has 0 radical (unpaired) electrons. The van der Waals surface area contributed by atoms with Crippen molar-refractivity contribution in [3.63, 3.8) is 0 Å². The molecule has 1 aromatic heterocycles. The van der Waals surface area contributed by atoms with Crippen LogP contribution in [-0.4, -0.2) is 34.5 Å². The number of carbonyl (C=O) groups excluding carboxylic acids is 1. The van der Waals surface area contributed by atoms with Crippen LogP contribution in [0.25, 0.3) is 0 Å². The number of amides is 1. The highest BCUT2D eigenvalue weighted by Gasteiger charge is 2.33. The van der Waals surface area contributed by atoms with Crippen LogP contribution in [0.5, 0.6) is 0 Å². The monoisotopic (exact) mass is 316 g/mol. The fourth-order valence-corrected chi connectivity index (χ4v) is 3.92. The summed E-state index contributed by atoms with van der Waals surface area (Å²) in [7, 11) is 0. The lowest BCUT2D eigenvalue weighted by Crippen LogP contribution is -2.40. The minimum absolute atomic E-state index is 0.147. The van der Waals surface area contributed by atoms with Crippen LogP contribution in [0.4, 0.5) is 0 Å². The van der Waals surface area contributed by atoms with E-state index in [-0.39, 0.29) is 24.2 Å². The van der Waals surface area contributed by atoms with Crippen molar-refractivity contribution in [1.82, 2.24) is 9.88 Å². The third kappa shape index (κ3) is 4.11. The Kier molecular flexibility index (Phi) is 5.65. The second kappa shape index (κ2) is 7.91. The van der Waals surface area contributed by atoms with Gasteiger partial charge in [-0.15, -0.1) is 0 Å². The van der Waals surface area contributed by atoms with Crippen LogP contribution in [0.1, 0.15) is 69.9 Å². The summed E-state index contributed by atoms with van der Waals surface area (Å²) in [6.45, 7) is 2.76. The average Bonchev–Trinajstić information content (AvgIpc) is 2.93. The van der Waals surface area contributed by atoms with Gasteiger partial charge in [-0.05, 0) is 50.3 Å². The molecule has 2 atom stereocenters. The molecule has 0 N–H and O–H groups in total. The minimum Gasteiger partial charge on any atom is -0.365 e. The lowest BCUT2D eigenvalue weighted by molar-refractivity contribution is -0.147. The van der Waals surface area contributed by atoms with Gasteiger partial charge in [0.05, 0.1) is 12.1 Å². The van der Waals surface area contributed by atoms with Crippen molar-refractivity contribution in [3.8, 4) is 0 Å². The molecule has 126 valence electrons. The molecule has 2 aliphatic rings. The molecule has 0 aromatic carbocycles. The summed E-state index contributed by atoms with van der Waals surface area (Å²) in [6.07, 6.45) is 12.9. The predicted octanol–water partition coefficient (Wildman–Crippen LogP) is 3.87. The molecule has 0 spiro atoms. The van der Waals surface area contributed by atoms with E-state index in [1.807, 2.05) is 36.4 Å². The number of likely N-dealkylation sites (tertiary alicyclic amines) is 1. The van der Waals surface area contributed by atoms with Crippen molar-refractivity contribution in [1.29, 1.82) is 0 Å². The maximum Gasteiger partial charge on any atom is 0.251 e. The third-order valence-corrected chi connectivity index (χ3v) is 5.17. The van der Waals surface area contributed by atoms with E-state index in [0.29, 0.717) is 0 Å². The second-order valence-corrected chi connectivity index (χ2v) is 6.86. The van der Waals surface area contributed by atoms with E-state index in [1.54, 1.807) is 0 Å². The Balaban J connectivity index is 1.61. The first kappa shape index (κ1) is 16.4. The van der Waals surface area contributed by atoms with Gasteiger partial charge in [-0.1, -0.05) is 25.7 Å². The molecule has 1 amide bonds. The smallest absolute Gasteiger partial charge is 0.251 e. The molecule has 0 bridgehead atoms. The van der Waals surface area contributed by atoms with E-state index in [9.17, 15) is 4.79 Å². The number of hydrogen-bond acceptors (Lipinski definition) is 3. The summed E-state index contributed by atoms with van der Waals surface area (Å²) in [5.41, 5.74) is 1.19. The molecule has 4 heteroatoms. The highest BCUT2D eigenvalue weighted by Crippen LogP contribution is 2.32. The maximum absolute atomic E-state index is 12.9. The lowest BCUT2D eigenvalue weighted by atomic mass is 10.1. The summed E-state index contributed by atoms with van der Waals surface area (Å²) in [5, 5.41) is 0. The molecule has 2 heterocycles. The molecule has 23 heavy (non-hydrogen) atoms. The molecule has 2 fully saturated rings. The van der Waals surface area contributed by atoms with E-state index in [4.69, 9.17) is 4.74 Å². The zero-order valence-electron chi connectivity index (χ0n) is 14.1. The van der Waals surface area contributed by atoms with Gasteiger partial charge in [0.2, 0.25) is 0 Å². The number of hydrogen-bond donors (Lipinski definition) is 0. The Labute approximate surface area is 139 Å². The van der Waals surface area contributed by atoms with Gasteiger partial charge < -0.3 is 9.64 Å². The Bertz CT molecular complexity index is 497. The molecule has 1 aliphatic heterocycles. The number of rotatable bonds is 4. The van der Waals surface area contributed by atoms with E-state index in [2.05, 4.69) is 4.98 Å². The molecule has 4 nitrogen and oxygen atoms in total. The van der Waals surface area contributed by atoms with Crippen LogP contribution in [0.3, 0.4) is 0 Å². The zero-order chi connectivity index (χ0) is 16.1. The Morgan fingerprint density at radius 2 is 1.83 bits per heavy atom. The van der Waals surface area contributed by atoms with Crippen LogP contribution >= 0.6 is 0 Å². The fourth-order valence-electron chi connectivity index (χ4n) is 3.92. The molecule has 3 rings (SSSR count). The van der Waals surface area contributed by atoms with Crippen LogP contribution < -0.4 is 0 Å². The van der Waals surface area contributed by atoms with E-state index < -0.39 is 0 Å². The van der Waals surface area contributed by atoms with Crippen molar-refractivity contribution in [2.24, 2.45) is 0 Å². The molecule has 1 saturated heterocycles. The molecule has 1 aliphatic carbocycles. The Morgan fingerprint density at radius 3 is 2.52 bits per heavy atom. The number of aromatic nitrogens is 1. The predicted molar refractivity (Wildman–Crippen MR) is 90.0 cm³/mol. The Morgan fingerprint density at radius 1 is 1.13 bits per heavy atom. The summed E-state index contributed by atoms with van der Waals surface area (Å²) < 4.78 is 6.13. The second-order valence-electron chi connectivity index (χ2n) is 6.86. The van der Waals surface area contributed by atoms with Gasteiger partial charge in [-0.2, -0.15) is 0 Å². The molecule has 1 saturated carbocycles. The number of pyridine rings is 1. The first-order chi connectivity index (χ1) is 11.3. The normalized spacial score (nSPS) is 24.4. The van der Waals surface area contributed by atoms with Crippen molar-refractivity contribution in [2.75, 3.05) is 6.54 Å². The van der Waals surface area contributed by atoms with E-state index in [1.165, 1.54) is 31.2 Å². The summed E-state index contributed by atoms with van der Waals surface area (Å²) in [6, 6.07) is 4.23. The highest BCUT2D eigenvalue weighted by molar-refractivity contribution is 5.81. The van der Waals surface area contributed by atoms with Crippen LogP contribution in [-0.2, 0) is 9.53 Å². The zero-order valence-corrected chi connectivity index (χ0v) is 14.1. The lowest BCUT2D eigenvalue weighted by Gasteiger charge is -2.29. The average molecular weight is 316 g/mol. The first-order valence-corrected chi connectivity index (χ1v) is 9.11. The highest BCUT2D eigenvalue weighted by atomic mass is 16.5. The molecule has 1 aromatic rings. The standard InChI is InChI=1S/C19H28N2O2/c1-15(23-17-7-4-2-3-5-8-17)19(22)21-14-6-9-18(21)16-10-12-20-13-11-16/h10-13,15,17-18H,2-9,14H2,1H3/t15-,18-/m1/s1. The van der Waals surface area contributed by atoms with E-state index >= 15 is 0 Å². The largest absolute Gasteiger partial charge is 0.365 e. The van der Waals surface area contributed by atoms with Gasteiger partial charge in [0, 0.05) is 18.9 Å². The van der Waals surface area contributed by atoms with E-state index in [0.717, 1.165) is 32.2 Å². The van der Waals surface area contributed by atoms with Crippen LogP contribution in [0.15, 0.2) is 24.5 Å². The maximum atomic E-state index is 12.9. The quantitative estimate of drug-likeness (QED) is 0.792. The number of ether oxygens (including phenoxy) is 1. The van der Waals surface area contributed by atoms with Gasteiger partial charge in [-0.3, -0.25) is 9.78 Å².